The van der Waals surface area contributed by atoms with E-state index in [4.69, 9.17) is 33.2 Å². The lowest BCUT2D eigenvalue weighted by atomic mass is 9.77. The van der Waals surface area contributed by atoms with Crippen molar-refractivity contribution in [3.05, 3.63) is 41.7 Å². The quantitative estimate of drug-likeness (QED) is 0.149. The van der Waals surface area contributed by atoms with Gasteiger partial charge in [0.25, 0.3) is 0 Å². The first-order valence-corrected chi connectivity index (χ1v) is 27.4. The first kappa shape index (κ1) is 61.9. The molecule has 1 aromatic heterocycles. The summed E-state index contributed by atoms with van der Waals surface area (Å²) >= 11 is 0. The van der Waals surface area contributed by atoms with E-state index >= 15 is 0 Å². The highest BCUT2D eigenvalue weighted by molar-refractivity contribution is 5.95. The van der Waals surface area contributed by atoms with Crippen LogP contribution in [0.15, 0.2) is 30.5 Å². The minimum absolute atomic E-state index is 0.0780. The molecule has 4 saturated heterocycles. The zero-order chi connectivity index (χ0) is 56.2. The van der Waals surface area contributed by atoms with Gasteiger partial charge in [0, 0.05) is 83.0 Å². The second-order valence-electron chi connectivity index (χ2n) is 23.2. The summed E-state index contributed by atoms with van der Waals surface area (Å²) in [4.78, 5) is 32.5. The number of benzene rings is 1. The fraction of sp³-hybridized carbons (Fsp3) is 0.818. The van der Waals surface area contributed by atoms with Crippen LogP contribution in [0.25, 0.3) is 0 Å². The fourth-order valence-electron chi connectivity index (χ4n) is 12.3. The van der Waals surface area contributed by atoms with Crippen molar-refractivity contribution < 1.29 is 72.7 Å². The van der Waals surface area contributed by atoms with Crippen molar-refractivity contribution in [2.75, 3.05) is 59.5 Å². The van der Waals surface area contributed by atoms with Crippen molar-refractivity contribution in [3.8, 4) is 0 Å². The molecule has 76 heavy (non-hydrogen) atoms. The summed E-state index contributed by atoms with van der Waals surface area (Å²) in [5.41, 5.74) is -2.50. The van der Waals surface area contributed by atoms with Crippen LogP contribution in [0.2, 0.25) is 0 Å². The first-order chi connectivity index (χ1) is 35.7. The lowest BCUT2D eigenvalue weighted by Crippen LogP contribution is -2.61. The van der Waals surface area contributed by atoms with E-state index in [1.165, 1.54) is 25.8 Å². The number of likely N-dealkylation sites (N-methyl/N-ethyl adjacent to an activating group) is 2. The van der Waals surface area contributed by atoms with E-state index in [0.717, 1.165) is 17.7 Å². The molecule has 20 atom stereocenters. The molecule has 0 unspecified atom stereocenters. The number of alkyl halides is 1. The van der Waals surface area contributed by atoms with E-state index in [0.29, 0.717) is 44.6 Å². The third kappa shape index (κ3) is 13.8. The number of methoxy groups -OCH3 is 2. The number of hydrogen-bond acceptors (Lipinski definition) is 18. The van der Waals surface area contributed by atoms with Crippen LogP contribution in [0.5, 0.6) is 0 Å². The number of nitrogens with zero attached hydrogens (tertiary/aromatic N) is 6. The van der Waals surface area contributed by atoms with Crippen LogP contribution in [-0.2, 0) is 49.2 Å². The summed E-state index contributed by atoms with van der Waals surface area (Å²) in [7, 11) is 6.71. The number of rotatable bonds is 16. The molecule has 2 aromatic rings. The largest absolute Gasteiger partial charge is 0.459 e. The lowest BCUT2D eigenvalue weighted by molar-refractivity contribution is -0.318. The second-order valence-corrected chi connectivity index (χ2v) is 23.2. The van der Waals surface area contributed by atoms with Crippen LogP contribution >= 0.6 is 0 Å². The molecule has 0 radical (unpaired) electrons. The standard InChI is InChI=1S/C55H91FN6O14/c1-15-42-55(10,69)48(65)35(6)60(12)29-31(2)26-53(8,68)50(33(4)46(34(5)51(67)74-42)75-44-27-54(9,71-14)49(66)36(7)73-44)76-52-45(64)40(25-32(3)72-52)59(11)24-22-38-30-62(58-57-38)41(28-56)47(70-13)37-18-20-39(21-19-37)61-23-16-17-43(61)63/h18-21,30-36,40-42,44-50,52,64-66,68-69H,15-17,22-29H2,1-14H3/t31-,32-,33+,34-,35-,36+,40+,41-,42-,44+,45-,46+,47-,48-,49+,50-,52+,53-,54-,55-/m1/s1. The van der Waals surface area contributed by atoms with E-state index < -0.39 is 127 Å². The van der Waals surface area contributed by atoms with Crippen LogP contribution in [0.4, 0.5) is 10.1 Å². The molecular weight excluding hydrogens is 988 g/mol. The van der Waals surface area contributed by atoms with Crippen molar-refractivity contribution in [1.82, 2.24) is 24.8 Å². The molecule has 21 heteroatoms. The Kier molecular flexibility index (Phi) is 21.1. The van der Waals surface area contributed by atoms with Gasteiger partial charge < -0.3 is 73.4 Å². The van der Waals surface area contributed by atoms with Crippen LogP contribution in [-0.4, -0.2) is 207 Å². The predicted molar refractivity (Wildman–Crippen MR) is 280 cm³/mol. The van der Waals surface area contributed by atoms with Gasteiger partial charge in [-0.15, -0.1) is 5.10 Å². The van der Waals surface area contributed by atoms with Crippen LogP contribution in [0, 0.1) is 17.8 Å². The Labute approximate surface area is 449 Å². The molecule has 0 spiro atoms. The highest BCUT2D eigenvalue weighted by Gasteiger charge is 2.53. The zero-order valence-corrected chi connectivity index (χ0v) is 47.5. The topological polar surface area (TPSA) is 240 Å². The average molecular weight is 1080 g/mol. The Morgan fingerprint density at radius 3 is 2.25 bits per heavy atom. The monoisotopic (exact) mass is 1080 g/mol. The number of aliphatic hydroxyl groups excluding tert-OH is 3. The summed E-state index contributed by atoms with van der Waals surface area (Å²) in [6.45, 7) is 18.1. The van der Waals surface area contributed by atoms with Gasteiger partial charge in [0.1, 0.15) is 48.8 Å². The average Bonchev–Trinajstić information content (AvgIpc) is 4.04. The fourth-order valence-corrected chi connectivity index (χ4v) is 12.3. The van der Waals surface area contributed by atoms with E-state index in [-0.39, 0.29) is 31.1 Å². The third-order valence-electron chi connectivity index (χ3n) is 17.1. The summed E-state index contributed by atoms with van der Waals surface area (Å²) in [6.07, 6.45) is -6.82. The second kappa shape index (κ2) is 25.9. The predicted octanol–water partition coefficient (Wildman–Crippen LogP) is 4.13. The van der Waals surface area contributed by atoms with E-state index in [9.17, 15) is 39.5 Å². The minimum Gasteiger partial charge on any atom is -0.459 e. The van der Waals surface area contributed by atoms with Crippen molar-refractivity contribution in [2.45, 2.75) is 217 Å². The maximum absolute atomic E-state index is 14.9. The van der Waals surface area contributed by atoms with Gasteiger partial charge in [-0.1, -0.05) is 38.1 Å². The molecule has 4 fully saturated rings. The van der Waals surface area contributed by atoms with Gasteiger partial charge in [0.15, 0.2) is 12.6 Å². The summed E-state index contributed by atoms with van der Waals surface area (Å²) < 4.78 is 60.5. The normalized spacial score (nSPS) is 39.6. The number of aliphatic hydroxyl groups is 5. The summed E-state index contributed by atoms with van der Waals surface area (Å²) in [5, 5.41) is 68.6. The maximum atomic E-state index is 14.9. The molecule has 1 aromatic carbocycles. The molecule has 5 heterocycles. The third-order valence-corrected chi connectivity index (χ3v) is 17.1. The van der Waals surface area contributed by atoms with E-state index in [1.54, 1.807) is 59.6 Å². The molecule has 432 valence electrons. The Bertz CT molecular complexity index is 2170. The van der Waals surface area contributed by atoms with Crippen LogP contribution < -0.4 is 4.90 Å². The summed E-state index contributed by atoms with van der Waals surface area (Å²) in [6, 6.07) is 5.46. The van der Waals surface area contributed by atoms with Gasteiger partial charge in [-0.3, -0.25) is 9.59 Å². The van der Waals surface area contributed by atoms with Gasteiger partial charge in [-0.2, -0.15) is 0 Å². The Morgan fingerprint density at radius 1 is 0.961 bits per heavy atom. The van der Waals surface area contributed by atoms with Crippen molar-refractivity contribution in [1.29, 1.82) is 0 Å². The first-order valence-electron chi connectivity index (χ1n) is 27.4. The molecule has 20 nitrogen and oxygen atoms in total. The molecule has 6 rings (SSSR count). The van der Waals surface area contributed by atoms with Crippen molar-refractivity contribution >= 4 is 17.6 Å². The number of halogens is 1. The van der Waals surface area contributed by atoms with Crippen molar-refractivity contribution in [2.24, 2.45) is 17.8 Å². The zero-order valence-electron chi connectivity index (χ0n) is 47.5. The molecule has 4 aliphatic rings. The highest BCUT2D eigenvalue weighted by atomic mass is 19.1. The Morgan fingerprint density at radius 2 is 1.64 bits per heavy atom. The van der Waals surface area contributed by atoms with E-state index in [1.807, 2.05) is 62.0 Å². The number of cyclic esters (lactones) is 1. The van der Waals surface area contributed by atoms with Gasteiger partial charge in [-0.25, -0.2) is 9.07 Å². The number of aromatic nitrogens is 3. The SMILES string of the molecule is CC[C@H]1OC(=O)[C@H](C)[C@@H](O[C@H]2C[C@@](C)(OC)[C@@H](O)[C@H](C)O2)[C@H](C)[C@@H](O[C@@H]2O[C@H](C)C[C@H](N(C)CCc3cn([C@H](CF)[C@H](OC)c4ccc(N5CCCC5=O)cc4)nn3)[C@H]2O)[C@](C)(O)C[C@@H](C)CN(C)[C@H](C)[C@@H](O)[C@]1(C)O. The molecule has 5 N–H and O–H groups in total. The summed E-state index contributed by atoms with van der Waals surface area (Å²) in [5.74, 6) is -2.82. The number of anilines is 1. The lowest BCUT2D eigenvalue weighted by Gasteiger charge is -2.49. The number of amides is 1. The van der Waals surface area contributed by atoms with Gasteiger partial charge in [-0.05, 0) is 112 Å². The molecule has 0 saturated carbocycles. The van der Waals surface area contributed by atoms with Gasteiger partial charge in [0.05, 0.1) is 47.2 Å². The smallest absolute Gasteiger partial charge is 0.311 e. The number of carbonyl (C=O) groups is 2. The molecule has 0 aliphatic carbocycles. The number of hydrogen-bond donors (Lipinski definition) is 5. The molecule has 4 aliphatic heterocycles. The Balaban J connectivity index is 1.25. The van der Waals surface area contributed by atoms with Gasteiger partial charge in [0.2, 0.25) is 5.91 Å². The molecule has 1 amide bonds. The van der Waals surface area contributed by atoms with Crippen LogP contribution in [0.1, 0.15) is 131 Å². The van der Waals surface area contributed by atoms with Crippen LogP contribution in [0.3, 0.4) is 0 Å². The van der Waals surface area contributed by atoms with Crippen molar-refractivity contribution in [3.63, 3.8) is 0 Å². The maximum Gasteiger partial charge on any atom is 0.311 e. The highest BCUT2D eigenvalue weighted by Crippen LogP contribution is 2.41. The Hall–Kier alpha value is -3.29. The number of ether oxygens (including phenoxy) is 7. The molecular formula is C55H91FN6O14. The number of esters is 1. The number of carbonyl (C=O) groups excluding carboxylic acids is 2. The van der Waals surface area contributed by atoms with E-state index in [2.05, 4.69) is 10.3 Å². The molecule has 0 bridgehead atoms. The van der Waals surface area contributed by atoms with Gasteiger partial charge >= 0.3 is 5.97 Å². The minimum atomic E-state index is -1.86.